The Morgan fingerprint density at radius 1 is 1.00 bits per heavy atom. The first-order chi connectivity index (χ1) is 9.58. The molecule has 3 nitrogen and oxygen atoms in total. The zero-order chi connectivity index (χ0) is 14.4. The minimum absolute atomic E-state index is 0.217. The van der Waals surface area contributed by atoms with E-state index in [-0.39, 0.29) is 6.61 Å². The van der Waals surface area contributed by atoms with Gasteiger partial charge < -0.3 is 4.74 Å². The Kier molecular flexibility index (Phi) is 4.58. The Labute approximate surface area is 119 Å². The molecule has 0 spiro atoms. The van der Waals surface area contributed by atoms with Crippen LogP contribution in [0.25, 0.3) is 0 Å². The molecule has 2 aromatic rings. The van der Waals surface area contributed by atoms with Gasteiger partial charge in [-0.25, -0.2) is 8.42 Å². The average Bonchev–Trinajstić information content (AvgIpc) is 2.45. The van der Waals surface area contributed by atoms with Crippen LogP contribution in [0.3, 0.4) is 0 Å². The number of para-hydroxylation sites is 1. The summed E-state index contributed by atoms with van der Waals surface area (Å²) in [5.41, 5.74) is 1.03. The van der Waals surface area contributed by atoms with Crippen LogP contribution in [0.2, 0.25) is 0 Å². The second-order valence-electron chi connectivity index (χ2n) is 4.35. The minimum Gasteiger partial charge on any atom is -0.490 e. The number of benzene rings is 2. The number of hydrogen-bond donors (Lipinski definition) is 0. The maximum atomic E-state index is 12.0. The van der Waals surface area contributed by atoms with Crippen LogP contribution < -0.4 is 4.74 Å². The van der Waals surface area contributed by atoms with Crippen molar-refractivity contribution in [1.29, 1.82) is 0 Å². The molecule has 0 aliphatic carbocycles. The monoisotopic (exact) mass is 288 g/mol. The predicted molar refractivity (Wildman–Crippen MR) is 79.4 cm³/mol. The molecule has 2 rings (SSSR count). The van der Waals surface area contributed by atoms with Gasteiger partial charge in [0.25, 0.3) is 0 Å². The van der Waals surface area contributed by atoms with E-state index >= 15 is 0 Å². The van der Waals surface area contributed by atoms with Crippen molar-refractivity contribution < 1.29 is 13.2 Å². The lowest BCUT2D eigenvalue weighted by atomic mass is 10.2. The van der Waals surface area contributed by atoms with Crippen LogP contribution in [0.15, 0.2) is 71.0 Å². The summed E-state index contributed by atoms with van der Waals surface area (Å²) < 4.78 is 29.4. The lowest BCUT2D eigenvalue weighted by Crippen LogP contribution is -1.98. The molecule has 0 amide bonds. The Morgan fingerprint density at radius 3 is 2.30 bits per heavy atom. The largest absolute Gasteiger partial charge is 0.490 e. The van der Waals surface area contributed by atoms with Crippen LogP contribution in [0.5, 0.6) is 5.75 Å². The zero-order valence-electron chi connectivity index (χ0n) is 11.2. The SMILES string of the molecule is Cc1ccc(S(=O)(=O)/C=C/COc2ccccc2)cc1. The smallest absolute Gasteiger partial charge is 0.199 e. The first kappa shape index (κ1) is 14.3. The highest BCUT2D eigenvalue weighted by Gasteiger charge is 2.08. The van der Waals surface area contributed by atoms with Crippen LogP contribution in [-0.2, 0) is 9.84 Å². The van der Waals surface area contributed by atoms with Gasteiger partial charge in [-0.15, -0.1) is 0 Å². The molecule has 0 N–H and O–H groups in total. The van der Waals surface area contributed by atoms with E-state index in [1.165, 1.54) is 11.5 Å². The summed E-state index contributed by atoms with van der Waals surface area (Å²) in [5.74, 6) is 0.713. The number of hydrogen-bond acceptors (Lipinski definition) is 3. The molecule has 2 aromatic carbocycles. The molecule has 0 unspecified atom stereocenters. The van der Waals surface area contributed by atoms with Crippen LogP contribution in [0.4, 0.5) is 0 Å². The standard InChI is InChI=1S/C16H16O3S/c1-14-8-10-16(11-9-14)20(17,18)13-5-12-19-15-6-3-2-4-7-15/h2-11,13H,12H2,1H3/b13-5+. The molecule has 0 atom stereocenters. The molecule has 4 heteroatoms. The van der Waals surface area contributed by atoms with Gasteiger partial charge in [-0.3, -0.25) is 0 Å². The van der Waals surface area contributed by atoms with Gasteiger partial charge in [0, 0.05) is 5.41 Å². The minimum atomic E-state index is -3.39. The number of sulfone groups is 1. The van der Waals surface area contributed by atoms with Gasteiger partial charge >= 0.3 is 0 Å². The lowest BCUT2D eigenvalue weighted by Gasteiger charge is -2.02. The third-order valence-electron chi connectivity index (χ3n) is 2.71. The van der Waals surface area contributed by atoms with Crippen molar-refractivity contribution >= 4 is 9.84 Å². The van der Waals surface area contributed by atoms with Gasteiger partial charge in [-0.05, 0) is 37.3 Å². The maximum Gasteiger partial charge on any atom is 0.199 e. The van der Waals surface area contributed by atoms with E-state index < -0.39 is 9.84 Å². The first-order valence-corrected chi connectivity index (χ1v) is 7.79. The van der Waals surface area contributed by atoms with Crippen molar-refractivity contribution in [3.63, 3.8) is 0 Å². The molecule has 0 radical (unpaired) electrons. The van der Waals surface area contributed by atoms with Gasteiger partial charge in [0.15, 0.2) is 9.84 Å². The van der Waals surface area contributed by atoms with Crippen molar-refractivity contribution in [3.8, 4) is 5.75 Å². The Bertz CT molecular complexity index is 671. The fraction of sp³-hybridized carbons (Fsp3) is 0.125. The Hall–Kier alpha value is -2.07. The maximum absolute atomic E-state index is 12.0. The van der Waals surface area contributed by atoms with Gasteiger partial charge in [0.05, 0.1) is 4.90 Å². The van der Waals surface area contributed by atoms with Gasteiger partial charge in [-0.1, -0.05) is 35.9 Å². The van der Waals surface area contributed by atoms with Crippen molar-refractivity contribution in [2.24, 2.45) is 0 Å². The first-order valence-electron chi connectivity index (χ1n) is 6.24. The fourth-order valence-electron chi connectivity index (χ4n) is 1.63. The summed E-state index contributed by atoms with van der Waals surface area (Å²) in [6.45, 7) is 2.13. The molecule has 0 heterocycles. The average molecular weight is 288 g/mol. The Balaban J connectivity index is 1.98. The molecule has 0 bridgehead atoms. The van der Waals surface area contributed by atoms with Crippen molar-refractivity contribution in [3.05, 3.63) is 71.6 Å². The van der Waals surface area contributed by atoms with E-state index in [4.69, 9.17) is 4.74 Å². The van der Waals surface area contributed by atoms with Crippen molar-refractivity contribution in [2.45, 2.75) is 11.8 Å². The van der Waals surface area contributed by atoms with Crippen LogP contribution in [0, 0.1) is 6.92 Å². The number of aryl methyl sites for hydroxylation is 1. The second-order valence-corrected chi connectivity index (χ2v) is 6.19. The molecule has 0 fully saturated rings. The van der Waals surface area contributed by atoms with E-state index in [0.29, 0.717) is 10.6 Å². The van der Waals surface area contributed by atoms with Gasteiger partial charge in [0.1, 0.15) is 12.4 Å². The van der Waals surface area contributed by atoms with E-state index in [1.54, 1.807) is 24.3 Å². The molecular weight excluding hydrogens is 272 g/mol. The summed E-state index contributed by atoms with van der Waals surface area (Å²) in [6.07, 6.45) is 1.50. The van der Waals surface area contributed by atoms with Crippen molar-refractivity contribution in [2.75, 3.05) is 6.61 Å². The molecule has 0 aliphatic heterocycles. The highest BCUT2D eigenvalue weighted by Crippen LogP contribution is 2.13. The fourth-order valence-corrected chi connectivity index (χ4v) is 2.64. The van der Waals surface area contributed by atoms with Crippen LogP contribution >= 0.6 is 0 Å². The number of ether oxygens (including phenoxy) is 1. The molecule has 0 saturated heterocycles. The normalized spacial score (nSPS) is 11.7. The zero-order valence-corrected chi connectivity index (χ0v) is 12.0. The highest BCUT2D eigenvalue weighted by molar-refractivity contribution is 7.94. The summed E-state index contributed by atoms with van der Waals surface area (Å²) in [4.78, 5) is 0.291. The van der Waals surface area contributed by atoms with E-state index in [2.05, 4.69) is 0 Å². The molecule has 0 saturated carbocycles. The summed E-state index contributed by atoms with van der Waals surface area (Å²) in [5, 5.41) is 1.18. The molecule has 104 valence electrons. The summed E-state index contributed by atoms with van der Waals surface area (Å²) >= 11 is 0. The molecule has 20 heavy (non-hydrogen) atoms. The highest BCUT2D eigenvalue weighted by atomic mass is 32.2. The summed E-state index contributed by atoms with van der Waals surface area (Å²) in [7, 11) is -3.39. The van der Waals surface area contributed by atoms with Crippen molar-refractivity contribution in [1.82, 2.24) is 0 Å². The van der Waals surface area contributed by atoms with Gasteiger partial charge in [0.2, 0.25) is 0 Å². The quantitative estimate of drug-likeness (QED) is 0.847. The van der Waals surface area contributed by atoms with E-state index in [1.807, 2.05) is 37.3 Å². The van der Waals surface area contributed by atoms with Gasteiger partial charge in [-0.2, -0.15) is 0 Å². The van der Waals surface area contributed by atoms with Crippen LogP contribution in [-0.4, -0.2) is 15.0 Å². The predicted octanol–water partition coefficient (Wildman–Crippen LogP) is 3.36. The van der Waals surface area contributed by atoms with Crippen LogP contribution in [0.1, 0.15) is 5.56 Å². The molecule has 0 aliphatic rings. The topological polar surface area (TPSA) is 43.4 Å². The van der Waals surface area contributed by atoms with E-state index in [0.717, 1.165) is 5.56 Å². The second kappa shape index (κ2) is 6.39. The molecule has 0 aromatic heterocycles. The third kappa shape index (κ3) is 3.96. The number of rotatable bonds is 5. The summed E-state index contributed by atoms with van der Waals surface area (Å²) in [6, 6.07) is 16.0. The molecular formula is C16H16O3S. The third-order valence-corrected chi connectivity index (χ3v) is 4.19. The van der Waals surface area contributed by atoms with E-state index in [9.17, 15) is 8.42 Å². The lowest BCUT2D eigenvalue weighted by molar-refractivity contribution is 0.363. The Morgan fingerprint density at radius 2 is 1.65 bits per heavy atom.